The number of carbonyl (C=O) groups excluding carboxylic acids is 2. The number of nitrogens with zero attached hydrogens (tertiary/aromatic N) is 1. The molecule has 2 aromatic carbocycles. The lowest BCUT2D eigenvalue weighted by Crippen LogP contribution is -2.47. The van der Waals surface area contributed by atoms with E-state index in [1.54, 1.807) is 12.1 Å². The minimum atomic E-state index is -2.01. The fourth-order valence-electron chi connectivity index (χ4n) is 2.99. The van der Waals surface area contributed by atoms with E-state index in [4.69, 9.17) is 0 Å². The van der Waals surface area contributed by atoms with Crippen LogP contribution in [0.25, 0.3) is 0 Å². The average molecular weight is 321 g/mol. The summed E-state index contributed by atoms with van der Waals surface area (Å²) in [5.41, 5.74) is -0.168. The highest BCUT2D eigenvalue weighted by atomic mass is 16.3. The summed E-state index contributed by atoms with van der Waals surface area (Å²) in [7, 11) is 0. The van der Waals surface area contributed by atoms with Crippen molar-refractivity contribution < 1.29 is 14.7 Å². The van der Waals surface area contributed by atoms with Crippen molar-refractivity contribution in [3.05, 3.63) is 78.4 Å². The Labute approximate surface area is 141 Å². The fourth-order valence-corrected chi connectivity index (χ4v) is 2.99. The zero-order valence-corrected chi connectivity index (χ0v) is 13.3. The van der Waals surface area contributed by atoms with Gasteiger partial charge in [0, 0.05) is 25.1 Å². The molecule has 0 unspecified atom stereocenters. The van der Waals surface area contributed by atoms with Crippen LogP contribution in [-0.4, -0.2) is 28.9 Å². The Morgan fingerprint density at radius 1 is 1.08 bits per heavy atom. The van der Waals surface area contributed by atoms with Gasteiger partial charge < -0.3 is 10.0 Å². The number of benzene rings is 2. The van der Waals surface area contributed by atoms with Crippen molar-refractivity contribution in [2.75, 3.05) is 11.4 Å². The summed E-state index contributed by atoms with van der Waals surface area (Å²) in [6.45, 7) is 4.10. The van der Waals surface area contributed by atoms with Gasteiger partial charge in [-0.1, -0.05) is 55.1 Å². The number of para-hydroxylation sites is 1. The third-order valence-electron chi connectivity index (χ3n) is 4.32. The molecule has 0 saturated carbocycles. The second kappa shape index (κ2) is 6.42. The monoisotopic (exact) mass is 321 g/mol. The molecule has 4 heteroatoms. The van der Waals surface area contributed by atoms with Crippen LogP contribution in [0, 0.1) is 0 Å². The smallest absolute Gasteiger partial charge is 0.267 e. The van der Waals surface area contributed by atoms with Crippen LogP contribution < -0.4 is 4.90 Å². The summed E-state index contributed by atoms with van der Waals surface area (Å²) >= 11 is 0. The van der Waals surface area contributed by atoms with Gasteiger partial charge in [-0.15, -0.1) is 0 Å². The van der Waals surface area contributed by atoms with Crippen LogP contribution >= 0.6 is 0 Å². The van der Waals surface area contributed by atoms with Gasteiger partial charge >= 0.3 is 0 Å². The molecule has 0 aliphatic carbocycles. The number of rotatable bonds is 5. The molecule has 4 nitrogen and oxygen atoms in total. The molecule has 1 N–H and O–H groups in total. The molecule has 1 heterocycles. The number of carbonyl (C=O) groups is 2. The normalized spacial score (nSPS) is 20.2. The summed E-state index contributed by atoms with van der Waals surface area (Å²) in [4.78, 5) is 26.8. The van der Waals surface area contributed by atoms with Crippen molar-refractivity contribution in [3.63, 3.8) is 0 Å². The summed E-state index contributed by atoms with van der Waals surface area (Å²) in [5.74, 6) is -1.16. The standard InChI is InChI=1S/C20H19NO3/c1-15(14-16-8-4-2-5-9-16)18(22)20(24)12-13-21(19(20)23)17-10-6-3-7-11-17/h2-11,24H,1,12-14H2/t20-/m1/s1. The van der Waals surface area contributed by atoms with Gasteiger partial charge in [0.15, 0.2) is 5.78 Å². The van der Waals surface area contributed by atoms with Crippen molar-refractivity contribution in [2.45, 2.75) is 18.4 Å². The Hall–Kier alpha value is -2.72. The molecule has 0 spiro atoms. The van der Waals surface area contributed by atoms with Gasteiger partial charge in [0.2, 0.25) is 5.60 Å². The maximum absolute atomic E-state index is 12.7. The van der Waals surface area contributed by atoms with Crippen LogP contribution in [0.5, 0.6) is 0 Å². The molecule has 0 aromatic heterocycles. The van der Waals surface area contributed by atoms with Gasteiger partial charge in [-0.25, -0.2) is 0 Å². The van der Waals surface area contributed by atoms with E-state index in [9.17, 15) is 14.7 Å². The predicted molar refractivity (Wildman–Crippen MR) is 92.7 cm³/mol. The summed E-state index contributed by atoms with van der Waals surface area (Å²) in [6.07, 6.45) is 0.397. The molecule has 0 bridgehead atoms. The highest BCUT2D eigenvalue weighted by Crippen LogP contribution is 2.31. The Balaban J connectivity index is 1.77. The first-order chi connectivity index (χ1) is 11.5. The van der Waals surface area contributed by atoms with E-state index in [-0.39, 0.29) is 12.0 Å². The first-order valence-corrected chi connectivity index (χ1v) is 7.88. The second-order valence-corrected chi connectivity index (χ2v) is 6.00. The van der Waals surface area contributed by atoms with Crippen molar-refractivity contribution in [1.29, 1.82) is 0 Å². The van der Waals surface area contributed by atoms with E-state index in [1.165, 1.54) is 4.90 Å². The zero-order chi connectivity index (χ0) is 17.2. The molecule has 1 atom stereocenters. The molecule has 1 saturated heterocycles. The van der Waals surface area contributed by atoms with E-state index in [0.717, 1.165) is 5.56 Å². The summed E-state index contributed by atoms with van der Waals surface area (Å²) in [6, 6.07) is 18.5. The Morgan fingerprint density at radius 2 is 1.67 bits per heavy atom. The third-order valence-corrected chi connectivity index (χ3v) is 4.32. The van der Waals surface area contributed by atoms with Crippen LogP contribution in [0.1, 0.15) is 12.0 Å². The summed E-state index contributed by atoms with van der Waals surface area (Å²) in [5, 5.41) is 10.7. The highest BCUT2D eigenvalue weighted by Gasteiger charge is 2.51. The SMILES string of the molecule is C=C(Cc1ccccc1)C(=O)[C@]1(O)CCN(c2ccccc2)C1=O. The highest BCUT2D eigenvalue weighted by molar-refractivity contribution is 6.21. The first-order valence-electron chi connectivity index (χ1n) is 7.88. The molecule has 24 heavy (non-hydrogen) atoms. The number of amides is 1. The van der Waals surface area contributed by atoms with E-state index >= 15 is 0 Å². The zero-order valence-electron chi connectivity index (χ0n) is 13.3. The maximum atomic E-state index is 12.7. The maximum Gasteiger partial charge on any atom is 0.267 e. The number of Topliss-reactive ketones (excluding diaryl/α,β-unsaturated/α-hetero) is 1. The van der Waals surface area contributed by atoms with Gasteiger partial charge in [0.25, 0.3) is 5.91 Å². The van der Waals surface area contributed by atoms with Gasteiger partial charge in [0.05, 0.1) is 0 Å². The van der Waals surface area contributed by atoms with Crippen LogP contribution in [-0.2, 0) is 16.0 Å². The van der Waals surface area contributed by atoms with Crippen molar-refractivity contribution in [1.82, 2.24) is 0 Å². The minimum Gasteiger partial charge on any atom is -0.373 e. The molecule has 1 amide bonds. The molecule has 1 aliphatic rings. The number of aliphatic hydroxyl groups is 1. The lowest BCUT2D eigenvalue weighted by molar-refractivity contribution is -0.145. The first kappa shape index (κ1) is 16.1. The van der Waals surface area contributed by atoms with Crippen LogP contribution in [0.3, 0.4) is 0 Å². The van der Waals surface area contributed by atoms with E-state index in [2.05, 4.69) is 6.58 Å². The molecule has 1 fully saturated rings. The Kier molecular flexibility index (Phi) is 4.32. The van der Waals surface area contributed by atoms with E-state index in [0.29, 0.717) is 18.7 Å². The van der Waals surface area contributed by atoms with Gasteiger partial charge in [-0.2, -0.15) is 0 Å². The molecule has 2 aromatic rings. The summed E-state index contributed by atoms with van der Waals surface area (Å²) < 4.78 is 0. The number of ketones is 1. The number of hydrogen-bond acceptors (Lipinski definition) is 3. The molecule has 122 valence electrons. The molecular formula is C20H19NO3. The average Bonchev–Trinajstić information content (AvgIpc) is 2.92. The Morgan fingerprint density at radius 3 is 2.29 bits per heavy atom. The largest absolute Gasteiger partial charge is 0.373 e. The predicted octanol–water partition coefficient (Wildman–Crippen LogP) is 2.52. The van der Waals surface area contributed by atoms with Gasteiger partial charge in [-0.05, 0) is 23.3 Å². The van der Waals surface area contributed by atoms with Crippen LogP contribution in [0.2, 0.25) is 0 Å². The van der Waals surface area contributed by atoms with E-state index in [1.807, 2.05) is 48.5 Å². The minimum absolute atomic E-state index is 0.0768. The molecule has 0 radical (unpaired) electrons. The Bertz CT molecular complexity index is 770. The number of hydrogen-bond donors (Lipinski definition) is 1. The molecule has 1 aliphatic heterocycles. The topological polar surface area (TPSA) is 57.6 Å². The molecular weight excluding hydrogens is 302 g/mol. The lowest BCUT2D eigenvalue weighted by atomic mass is 9.89. The van der Waals surface area contributed by atoms with Crippen molar-refractivity contribution in [3.8, 4) is 0 Å². The lowest BCUT2D eigenvalue weighted by Gasteiger charge is -2.22. The van der Waals surface area contributed by atoms with Crippen molar-refractivity contribution in [2.24, 2.45) is 0 Å². The van der Waals surface area contributed by atoms with Crippen LogP contribution in [0.4, 0.5) is 5.69 Å². The third kappa shape index (κ3) is 2.88. The molecule has 3 rings (SSSR count). The fraction of sp³-hybridized carbons (Fsp3) is 0.200. The van der Waals surface area contributed by atoms with Crippen LogP contribution in [0.15, 0.2) is 72.8 Å². The number of anilines is 1. The van der Waals surface area contributed by atoms with Gasteiger partial charge in [-0.3, -0.25) is 9.59 Å². The quantitative estimate of drug-likeness (QED) is 0.680. The van der Waals surface area contributed by atoms with E-state index < -0.39 is 17.3 Å². The second-order valence-electron chi connectivity index (χ2n) is 6.00. The van der Waals surface area contributed by atoms with Gasteiger partial charge in [0.1, 0.15) is 0 Å². The van der Waals surface area contributed by atoms with Crippen molar-refractivity contribution >= 4 is 17.4 Å².